The van der Waals surface area contributed by atoms with Crippen molar-refractivity contribution in [3.05, 3.63) is 24.0 Å². The van der Waals surface area contributed by atoms with Gasteiger partial charge in [-0.3, -0.25) is 4.79 Å². The summed E-state index contributed by atoms with van der Waals surface area (Å²) < 4.78 is 40.4. The number of halogens is 1. The average Bonchev–Trinajstić information content (AvgIpc) is 3.24. The van der Waals surface area contributed by atoms with Crippen LogP contribution in [0.15, 0.2) is 23.1 Å². The van der Waals surface area contributed by atoms with E-state index in [9.17, 15) is 17.6 Å². The van der Waals surface area contributed by atoms with Crippen LogP contribution in [0.3, 0.4) is 0 Å². The topological polar surface area (TPSA) is 101 Å². The Hall–Kier alpha value is -1.51. The highest BCUT2D eigenvalue weighted by Gasteiger charge is 2.30. The monoisotopic (exact) mass is 329 g/mol. The predicted octanol–water partition coefficient (Wildman–Crippen LogP) is 1.33. The molecule has 4 N–H and O–H groups in total. The van der Waals surface area contributed by atoms with Crippen LogP contribution in [0.5, 0.6) is 0 Å². The number of nitrogens with one attached hydrogen (secondary N) is 2. The molecule has 0 heterocycles. The van der Waals surface area contributed by atoms with E-state index in [4.69, 9.17) is 5.73 Å². The summed E-state index contributed by atoms with van der Waals surface area (Å²) >= 11 is 0. The molecule has 0 aliphatic heterocycles. The lowest BCUT2D eigenvalue weighted by molar-refractivity contribution is -0.117. The Morgan fingerprint density at radius 2 is 2.14 bits per heavy atom. The molecule has 0 bridgehead atoms. The highest BCUT2D eigenvalue weighted by molar-refractivity contribution is 7.89. The number of carbonyl (C=O) groups excluding carboxylic acids is 1. The number of amides is 1. The zero-order chi connectivity index (χ0) is 16.3. The minimum atomic E-state index is -3.92. The van der Waals surface area contributed by atoms with Gasteiger partial charge in [-0.05, 0) is 37.5 Å². The second-order valence-corrected chi connectivity index (χ2v) is 7.11. The number of sulfonamides is 1. The summed E-state index contributed by atoms with van der Waals surface area (Å²) in [6.07, 6.45) is 2.77. The van der Waals surface area contributed by atoms with Crippen LogP contribution in [0.25, 0.3) is 0 Å². The smallest absolute Gasteiger partial charge is 0.243 e. The maximum atomic E-state index is 13.8. The number of hydrogen-bond donors (Lipinski definition) is 3. The van der Waals surface area contributed by atoms with Gasteiger partial charge in [0.1, 0.15) is 10.7 Å². The molecule has 0 radical (unpaired) electrons. The van der Waals surface area contributed by atoms with Gasteiger partial charge in [0.15, 0.2) is 0 Å². The quantitative estimate of drug-likeness (QED) is 0.702. The summed E-state index contributed by atoms with van der Waals surface area (Å²) in [5, 5.41) is 2.51. The van der Waals surface area contributed by atoms with E-state index in [-0.39, 0.29) is 11.7 Å². The molecule has 1 aromatic rings. The van der Waals surface area contributed by atoms with Crippen molar-refractivity contribution < 1.29 is 17.6 Å². The first-order valence-electron chi connectivity index (χ1n) is 7.22. The second-order valence-electron chi connectivity index (χ2n) is 5.43. The Balaban J connectivity index is 2.17. The van der Waals surface area contributed by atoms with Gasteiger partial charge in [-0.15, -0.1) is 0 Å². The van der Waals surface area contributed by atoms with Crippen LogP contribution in [0, 0.1) is 5.82 Å². The number of hydrogen-bond acceptors (Lipinski definition) is 4. The minimum absolute atomic E-state index is 0.124. The van der Waals surface area contributed by atoms with Crippen molar-refractivity contribution in [3.63, 3.8) is 0 Å². The van der Waals surface area contributed by atoms with Crippen LogP contribution in [0.1, 0.15) is 32.6 Å². The normalized spacial score (nSPS) is 16.3. The van der Waals surface area contributed by atoms with Gasteiger partial charge in [0.25, 0.3) is 0 Å². The van der Waals surface area contributed by atoms with Crippen LogP contribution in [0.4, 0.5) is 10.1 Å². The summed E-state index contributed by atoms with van der Waals surface area (Å²) in [4.78, 5) is 11.4. The number of nitrogens with two attached hydrogens (primary N) is 1. The Bertz CT molecular complexity index is 659. The molecule has 1 atom stereocenters. The molecule has 1 aliphatic carbocycles. The van der Waals surface area contributed by atoms with E-state index in [2.05, 4.69) is 10.0 Å². The molecule has 8 heteroatoms. The van der Waals surface area contributed by atoms with Gasteiger partial charge in [-0.2, -0.15) is 0 Å². The minimum Gasteiger partial charge on any atom is -0.325 e. The third kappa shape index (κ3) is 4.25. The molecule has 1 aliphatic rings. The van der Waals surface area contributed by atoms with Gasteiger partial charge >= 0.3 is 0 Å². The van der Waals surface area contributed by atoms with Crippen molar-refractivity contribution in [2.75, 3.05) is 5.32 Å². The highest BCUT2D eigenvalue weighted by Crippen LogP contribution is 2.25. The van der Waals surface area contributed by atoms with Crippen LogP contribution < -0.4 is 15.8 Å². The molecule has 6 nitrogen and oxygen atoms in total. The number of anilines is 1. The van der Waals surface area contributed by atoms with Crippen molar-refractivity contribution in [1.82, 2.24) is 4.72 Å². The molecule has 2 rings (SSSR count). The standard InChI is InChI=1S/C14H20FN3O3S/c1-2-3-12(16)14(19)17-10-6-7-11(15)13(8-10)22(20,21)18-9-4-5-9/h6-9,12,18H,2-5,16H2,1H3,(H,17,19). The summed E-state index contributed by atoms with van der Waals surface area (Å²) in [7, 11) is -3.92. The van der Waals surface area contributed by atoms with Gasteiger partial charge in [-0.1, -0.05) is 13.3 Å². The van der Waals surface area contributed by atoms with Crippen molar-refractivity contribution in [2.24, 2.45) is 5.73 Å². The average molecular weight is 329 g/mol. The van der Waals surface area contributed by atoms with Crippen molar-refractivity contribution in [1.29, 1.82) is 0 Å². The SMILES string of the molecule is CCCC(N)C(=O)Nc1ccc(F)c(S(=O)(=O)NC2CC2)c1. The molecule has 122 valence electrons. The predicted molar refractivity (Wildman–Crippen MR) is 81.3 cm³/mol. The first-order valence-corrected chi connectivity index (χ1v) is 8.70. The molecular weight excluding hydrogens is 309 g/mol. The Labute approximate surface area is 129 Å². The summed E-state index contributed by atoms with van der Waals surface area (Å²) in [6.45, 7) is 1.90. The van der Waals surface area contributed by atoms with Crippen LogP contribution >= 0.6 is 0 Å². The lowest BCUT2D eigenvalue weighted by atomic mass is 10.1. The third-order valence-electron chi connectivity index (χ3n) is 3.32. The maximum Gasteiger partial charge on any atom is 0.243 e. The molecule has 1 amide bonds. The number of carbonyl (C=O) groups is 1. The van der Waals surface area contributed by atoms with E-state index in [1.165, 1.54) is 6.07 Å². The molecule has 1 saturated carbocycles. The summed E-state index contributed by atoms with van der Waals surface area (Å²) in [5.41, 5.74) is 5.89. The fourth-order valence-corrected chi connectivity index (χ4v) is 3.36. The molecule has 1 fully saturated rings. The molecule has 0 aromatic heterocycles. The van der Waals surface area contributed by atoms with Crippen molar-refractivity contribution in [2.45, 2.75) is 49.6 Å². The maximum absolute atomic E-state index is 13.8. The van der Waals surface area contributed by atoms with Gasteiger partial charge in [-0.25, -0.2) is 17.5 Å². The van der Waals surface area contributed by atoms with Gasteiger partial charge in [0, 0.05) is 11.7 Å². The van der Waals surface area contributed by atoms with E-state index >= 15 is 0 Å². The molecule has 22 heavy (non-hydrogen) atoms. The number of benzene rings is 1. The molecule has 0 saturated heterocycles. The van der Waals surface area contributed by atoms with Gasteiger partial charge in [0.05, 0.1) is 6.04 Å². The highest BCUT2D eigenvalue weighted by atomic mass is 32.2. The van der Waals surface area contributed by atoms with Crippen LogP contribution in [-0.2, 0) is 14.8 Å². The fourth-order valence-electron chi connectivity index (χ4n) is 1.95. The second kappa shape index (κ2) is 6.72. The lowest BCUT2D eigenvalue weighted by Gasteiger charge is -2.13. The van der Waals surface area contributed by atoms with Gasteiger partial charge < -0.3 is 11.1 Å². The van der Waals surface area contributed by atoms with E-state index < -0.39 is 32.7 Å². The lowest BCUT2D eigenvalue weighted by Crippen LogP contribution is -2.35. The Morgan fingerprint density at radius 3 is 2.73 bits per heavy atom. The van der Waals surface area contributed by atoms with Crippen LogP contribution in [0.2, 0.25) is 0 Å². The summed E-state index contributed by atoms with van der Waals surface area (Å²) in [6, 6.07) is 2.63. The van der Waals surface area contributed by atoms with E-state index in [1.807, 2.05) is 6.92 Å². The largest absolute Gasteiger partial charge is 0.325 e. The zero-order valence-electron chi connectivity index (χ0n) is 12.3. The first kappa shape index (κ1) is 16.9. The van der Waals surface area contributed by atoms with E-state index in [0.717, 1.165) is 31.4 Å². The van der Waals surface area contributed by atoms with Gasteiger partial charge in [0.2, 0.25) is 15.9 Å². The third-order valence-corrected chi connectivity index (χ3v) is 4.86. The van der Waals surface area contributed by atoms with E-state index in [0.29, 0.717) is 6.42 Å². The molecule has 0 spiro atoms. The summed E-state index contributed by atoms with van der Waals surface area (Å²) in [5.74, 6) is -1.28. The fraction of sp³-hybridized carbons (Fsp3) is 0.500. The van der Waals surface area contributed by atoms with Crippen LogP contribution in [-0.4, -0.2) is 26.4 Å². The molecule has 1 aromatic carbocycles. The zero-order valence-corrected chi connectivity index (χ0v) is 13.1. The number of rotatable bonds is 7. The molecular formula is C14H20FN3O3S. The van der Waals surface area contributed by atoms with Crippen molar-refractivity contribution >= 4 is 21.6 Å². The Morgan fingerprint density at radius 1 is 1.45 bits per heavy atom. The van der Waals surface area contributed by atoms with E-state index in [1.54, 1.807) is 0 Å². The first-order chi connectivity index (χ1) is 10.3. The Kier molecular flexibility index (Phi) is 5.15. The van der Waals surface area contributed by atoms with Crippen molar-refractivity contribution in [3.8, 4) is 0 Å². The molecule has 1 unspecified atom stereocenters.